The van der Waals surface area contributed by atoms with Crippen molar-refractivity contribution in [2.75, 3.05) is 13.2 Å². The summed E-state index contributed by atoms with van der Waals surface area (Å²) in [7, 11) is 0. The second kappa shape index (κ2) is 62.7. The summed E-state index contributed by atoms with van der Waals surface area (Å²) in [5.41, 5.74) is 0. The van der Waals surface area contributed by atoms with Crippen LogP contribution in [0.2, 0.25) is 0 Å². The first-order chi connectivity index (χ1) is 40.8. The summed E-state index contributed by atoms with van der Waals surface area (Å²) in [5, 5.41) is 54.9. The van der Waals surface area contributed by atoms with Crippen LogP contribution in [-0.2, 0) is 14.3 Å². The molecule has 0 saturated carbocycles. The van der Waals surface area contributed by atoms with Gasteiger partial charge in [0.25, 0.3) is 0 Å². The van der Waals surface area contributed by atoms with E-state index >= 15 is 0 Å². The number of hydrogen-bond acceptors (Lipinski definition) is 8. The minimum atomic E-state index is -1.55. The number of hydrogen-bond donors (Lipinski definition) is 6. The molecule has 1 fully saturated rings. The van der Waals surface area contributed by atoms with Gasteiger partial charge in [-0.05, 0) is 64.2 Å². The molecule has 0 bridgehead atoms. The number of nitrogens with one attached hydrogen (secondary N) is 1. The third-order valence-electron chi connectivity index (χ3n) is 16.8. The maximum Gasteiger partial charge on any atom is 0.220 e. The predicted octanol–water partition coefficient (Wildman–Crippen LogP) is 19.5. The number of carbonyl (C=O) groups excluding carboxylic acids is 1. The van der Waals surface area contributed by atoms with Crippen molar-refractivity contribution < 1.29 is 39.8 Å². The smallest absolute Gasteiger partial charge is 0.220 e. The van der Waals surface area contributed by atoms with Crippen LogP contribution < -0.4 is 5.32 Å². The van der Waals surface area contributed by atoms with Crippen LogP contribution in [0.1, 0.15) is 335 Å². The molecule has 0 radical (unpaired) electrons. The number of carbonyl (C=O) groups is 1. The summed E-state index contributed by atoms with van der Waals surface area (Å²) in [5.74, 6) is -0.139. The molecular formula is C74H135NO8. The summed E-state index contributed by atoms with van der Waals surface area (Å²) in [4.78, 5) is 13.2. The molecule has 484 valence electrons. The lowest BCUT2D eigenvalue weighted by Crippen LogP contribution is -2.60. The zero-order valence-corrected chi connectivity index (χ0v) is 54.2. The standard InChI is InChI=1S/C74H135NO8/c1-3-5-7-9-11-13-15-17-19-21-23-25-26-27-28-29-30-31-32-33-34-35-36-37-38-39-40-41-42-44-46-48-50-52-54-56-58-60-62-64-70(78)75-67(66-82-74-73(81)72(80)71(79)69(65-76)83-74)68(77)63-61-59-57-55-53-51-49-47-45-43-24-22-20-18-16-14-12-10-8-6-4-2/h5,7,11,13,17,19,23,25,27-28,30-31,67-69,71-74,76-77,79-81H,3-4,6,8-10,12,14-16,18,20-22,24,26,29,32-66H2,1-2H3,(H,75,78)/b7-5-,13-11-,19-17-,25-23-,28-27-,31-30-. The summed E-state index contributed by atoms with van der Waals surface area (Å²) < 4.78 is 11.4. The molecule has 1 heterocycles. The molecule has 7 atom stereocenters. The summed E-state index contributed by atoms with van der Waals surface area (Å²) >= 11 is 0. The highest BCUT2D eigenvalue weighted by atomic mass is 16.7. The maximum atomic E-state index is 13.2. The van der Waals surface area contributed by atoms with Gasteiger partial charge in [-0.1, -0.05) is 337 Å². The Morgan fingerprint density at radius 1 is 0.422 bits per heavy atom. The third kappa shape index (κ3) is 51.4. The van der Waals surface area contributed by atoms with E-state index in [1.165, 1.54) is 231 Å². The van der Waals surface area contributed by atoms with Gasteiger partial charge in [0.2, 0.25) is 5.91 Å². The Hall–Kier alpha value is -2.37. The Kier molecular flexibility index (Phi) is 59.4. The van der Waals surface area contributed by atoms with E-state index in [1.807, 2.05) is 0 Å². The van der Waals surface area contributed by atoms with Gasteiger partial charge in [0.05, 0.1) is 25.4 Å². The van der Waals surface area contributed by atoms with Gasteiger partial charge in [-0.3, -0.25) is 4.79 Å². The fourth-order valence-electron chi connectivity index (χ4n) is 11.3. The van der Waals surface area contributed by atoms with Gasteiger partial charge in [-0.2, -0.15) is 0 Å². The molecule has 7 unspecified atom stereocenters. The number of ether oxygens (including phenoxy) is 2. The van der Waals surface area contributed by atoms with Crippen molar-refractivity contribution in [3.8, 4) is 0 Å². The summed E-state index contributed by atoms with van der Waals surface area (Å²) in [6, 6.07) is -0.721. The van der Waals surface area contributed by atoms with Gasteiger partial charge in [0, 0.05) is 6.42 Å². The molecule has 1 amide bonds. The van der Waals surface area contributed by atoms with Crippen molar-refractivity contribution >= 4 is 5.91 Å². The average Bonchev–Trinajstić information content (AvgIpc) is 3.60. The molecule has 0 aliphatic carbocycles. The number of aliphatic hydroxyl groups excluding tert-OH is 5. The van der Waals surface area contributed by atoms with Crippen LogP contribution in [0.4, 0.5) is 0 Å². The predicted molar refractivity (Wildman–Crippen MR) is 355 cm³/mol. The Morgan fingerprint density at radius 3 is 1.11 bits per heavy atom. The van der Waals surface area contributed by atoms with Crippen molar-refractivity contribution in [1.82, 2.24) is 5.32 Å². The topological polar surface area (TPSA) is 149 Å². The number of aliphatic hydroxyl groups is 5. The first kappa shape index (κ1) is 78.6. The van der Waals surface area contributed by atoms with Crippen molar-refractivity contribution in [3.05, 3.63) is 72.9 Å². The second-order valence-electron chi connectivity index (χ2n) is 24.7. The van der Waals surface area contributed by atoms with Crippen LogP contribution in [-0.4, -0.2) is 87.5 Å². The Labute approximate surface area is 512 Å². The largest absolute Gasteiger partial charge is 0.394 e. The minimum absolute atomic E-state index is 0.136. The van der Waals surface area contributed by atoms with E-state index in [-0.39, 0.29) is 12.5 Å². The molecule has 0 aromatic carbocycles. The van der Waals surface area contributed by atoms with E-state index < -0.39 is 49.5 Å². The van der Waals surface area contributed by atoms with Crippen LogP contribution in [0.5, 0.6) is 0 Å². The molecule has 0 aromatic heterocycles. The highest BCUT2D eigenvalue weighted by Gasteiger charge is 2.44. The van der Waals surface area contributed by atoms with Gasteiger partial charge < -0.3 is 40.3 Å². The molecule has 1 saturated heterocycles. The fraction of sp³-hybridized carbons (Fsp3) is 0.824. The number of allylic oxidation sites excluding steroid dienone is 12. The molecule has 1 rings (SSSR count). The SMILES string of the molecule is CC/C=C\C/C=C\C/C=C\C/C=C\C/C=C\C/C=C\CCCCCCCCCCCCCCCCCCCCCCC(=O)NC(COC1OC(CO)C(O)C(O)C1O)C(O)CCCCCCCCCCCCCCCCCCCCCCC. The highest BCUT2D eigenvalue weighted by molar-refractivity contribution is 5.76. The van der Waals surface area contributed by atoms with Crippen molar-refractivity contribution in [3.63, 3.8) is 0 Å². The molecule has 83 heavy (non-hydrogen) atoms. The van der Waals surface area contributed by atoms with E-state index in [0.29, 0.717) is 12.8 Å². The van der Waals surface area contributed by atoms with Crippen molar-refractivity contribution in [2.45, 2.75) is 378 Å². The zero-order chi connectivity index (χ0) is 60.0. The summed E-state index contributed by atoms with van der Waals surface area (Å²) in [6.07, 6.45) is 81.1. The number of rotatable bonds is 62. The van der Waals surface area contributed by atoms with Gasteiger partial charge in [0.15, 0.2) is 6.29 Å². The molecule has 1 aliphatic heterocycles. The van der Waals surface area contributed by atoms with Crippen LogP contribution in [0.3, 0.4) is 0 Å². The van der Waals surface area contributed by atoms with Crippen LogP contribution in [0, 0.1) is 0 Å². The second-order valence-corrected chi connectivity index (χ2v) is 24.7. The molecule has 0 spiro atoms. The lowest BCUT2D eigenvalue weighted by molar-refractivity contribution is -0.302. The van der Waals surface area contributed by atoms with E-state index in [9.17, 15) is 30.3 Å². The number of unbranched alkanes of at least 4 members (excludes halogenated alkanes) is 40. The highest BCUT2D eigenvalue weighted by Crippen LogP contribution is 2.24. The van der Waals surface area contributed by atoms with Crippen LogP contribution in [0.15, 0.2) is 72.9 Å². The van der Waals surface area contributed by atoms with Crippen LogP contribution >= 0.6 is 0 Å². The molecule has 1 aliphatic rings. The van der Waals surface area contributed by atoms with Crippen LogP contribution in [0.25, 0.3) is 0 Å². The normalized spacial score (nSPS) is 18.7. The van der Waals surface area contributed by atoms with Gasteiger partial charge in [-0.25, -0.2) is 0 Å². The molecule has 9 nitrogen and oxygen atoms in total. The van der Waals surface area contributed by atoms with E-state index in [2.05, 4.69) is 92.1 Å². The minimum Gasteiger partial charge on any atom is -0.394 e. The molecule has 6 N–H and O–H groups in total. The van der Waals surface area contributed by atoms with Gasteiger partial charge in [-0.15, -0.1) is 0 Å². The summed E-state index contributed by atoms with van der Waals surface area (Å²) in [6.45, 7) is 3.76. The lowest BCUT2D eigenvalue weighted by Gasteiger charge is -2.40. The van der Waals surface area contributed by atoms with Gasteiger partial charge >= 0.3 is 0 Å². The van der Waals surface area contributed by atoms with Crippen molar-refractivity contribution in [2.24, 2.45) is 0 Å². The van der Waals surface area contributed by atoms with E-state index in [4.69, 9.17) is 9.47 Å². The average molecular weight is 1170 g/mol. The Morgan fingerprint density at radius 2 is 0.747 bits per heavy atom. The van der Waals surface area contributed by atoms with Crippen molar-refractivity contribution in [1.29, 1.82) is 0 Å². The first-order valence-corrected chi connectivity index (χ1v) is 35.6. The monoisotopic (exact) mass is 1170 g/mol. The molecule has 0 aromatic rings. The first-order valence-electron chi connectivity index (χ1n) is 35.6. The van der Waals surface area contributed by atoms with E-state index in [0.717, 1.165) is 77.0 Å². The zero-order valence-electron chi connectivity index (χ0n) is 54.2. The Bertz CT molecular complexity index is 1540. The van der Waals surface area contributed by atoms with E-state index in [1.54, 1.807) is 0 Å². The lowest BCUT2D eigenvalue weighted by atomic mass is 9.99. The third-order valence-corrected chi connectivity index (χ3v) is 16.8. The maximum absolute atomic E-state index is 13.2. The number of amides is 1. The fourth-order valence-corrected chi connectivity index (χ4v) is 11.3. The molecular weight excluding hydrogens is 1030 g/mol. The Balaban J connectivity index is 2.07. The quantitative estimate of drug-likeness (QED) is 0.0261. The molecule has 9 heteroatoms. The van der Waals surface area contributed by atoms with Gasteiger partial charge in [0.1, 0.15) is 24.4 Å².